The van der Waals surface area contributed by atoms with Gasteiger partial charge in [0, 0.05) is 0 Å². The first kappa shape index (κ1) is 8.49. The van der Waals surface area contributed by atoms with Crippen molar-refractivity contribution >= 4 is 5.97 Å². The molecule has 1 aliphatic heterocycles. The lowest BCUT2D eigenvalue weighted by atomic mass is 10.1. The lowest BCUT2D eigenvalue weighted by Crippen LogP contribution is -2.42. The smallest absolute Gasteiger partial charge is 0.321 e. The second kappa shape index (κ2) is 3.19. The molecule has 0 saturated carbocycles. The van der Waals surface area contributed by atoms with Crippen molar-refractivity contribution < 1.29 is 14.6 Å². The molecule has 0 aromatic rings. The first-order valence-electron chi connectivity index (χ1n) is 3.71. The van der Waals surface area contributed by atoms with E-state index in [0.29, 0.717) is 6.61 Å². The Balaban J connectivity index is 2.37. The number of carboxylic acids is 1. The zero-order valence-electron chi connectivity index (χ0n) is 6.70. The summed E-state index contributed by atoms with van der Waals surface area (Å²) in [6.07, 6.45) is -0.0292. The van der Waals surface area contributed by atoms with Crippen LogP contribution < -0.4 is 5.32 Å². The number of rotatable bonds is 4. The van der Waals surface area contributed by atoms with Gasteiger partial charge in [0.05, 0.1) is 6.61 Å². The van der Waals surface area contributed by atoms with Gasteiger partial charge in [0.1, 0.15) is 12.3 Å². The summed E-state index contributed by atoms with van der Waals surface area (Å²) in [6, 6.07) is -0.484. The lowest BCUT2D eigenvalue weighted by molar-refractivity contribution is -0.140. The van der Waals surface area contributed by atoms with Crippen LogP contribution in [-0.4, -0.2) is 30.0 Å². The zero-order chi connectivity index (χ0) is 8.43. The van der Waals surface area contributed by atoms with Gasteiger partial charge in [0.2, 0.25) is 0 Å². The molecule has 2 unspecified atom stereocenters. The summed E-state index contributed by atoms with van der Waals surface area (Å²) in [6.45, 7) is 4.37. The summed E-state index contributed by atoms with van der Waals surface area (Å²) in [4.78, 5) is 10.6. The minimum Gasteiger partial charge on any atom is -0.480 e. The monoisotopic (exact) mass is 159 g/mol. The highest BCUT2D eigenvalue weighted by Gasteiger charge is 2.30. The van der Waals surface area contributed by atoms with Crippen LogP contribution in [0.5, 0.6) is 0 Å². The second-order valence-corrected chi connectivity index (χ2v) is 3.05. The molecule has 11 heavy (non-hydrogen) atoms. The Morgan fingerprint density at radius 1 is 1.73 bits per heavy atom. The van der Waals surface area contributed by atoms with Crippen LogP contribution in [0.25, 0.3) is 0 Å². The van der Waals surface area contributed by atoms with Crippen LogP contribution in [0.15, 0.2) is 0 Å². The van der Waals surface area contributed by atoms with Crippen LogP contribution in [0, 0.1) is 5.92 Å². The molecule has 0 aliphatic carbocycles. The number of nitrogens with one attached hydrogen (secondary N) is 1. The van der Waals surface area contributed by atoms with Crippen LogP contribution >= 0.6 is 0 Å². The highest BCUT2D eigenvalue weighted by molar-refractivity contribution is 5.73. The molecule has 1 fully saturated rings. The first-order chi connectivity index (χ1) is 5.11. The normalized spacial score (nSPS) is 25.2. The third-order valence-corrected chi connectivity index (χ3v) is 1.63. The average Bonchev–Trinajstić information content (AvgIpc) is 2.63. The highest BCUT2D eigenvalue weighted by Crippen LogP contribution is 2.10. The highest BCUT2D eigenvalue weighted by atomic mass is 16.6. The Labute approximate surface area is 65.5 Å². The topological polar surface area (TPSA) is 61.9 Å². The van der Waals surface area contributed by atoms with Crippen LogP contribution in [0.3, 0.4) is 0 Å². The van der Waals surface area contributed by atoms with E-state index in [4.69, 9.17) is 9.84 Å². The van der Waals surface area contributed by atoms with Gasteiger partial charge >= 0.3 is 5.97 Å². The molecule has 0 amide bonds. The number of carbonyl (C=O) groups is 1. The molecule has 0 aromatic heterocycles. The molecule has 0 spiro atoms. The zero-order valence-corrected chi connectivity index (χ0v) is 6.70. The number of epoxide rings is 1. The minimum atomic E-state index is -0.810. The van der Waals surface area contributed by atoms with Crippen molar-refractivity contribution in [3.05, 3.63) is 0 Å². The van der Waals surface area contributed by atoms with Gasteiger partial charge < -0.3 is 9.84 Å². The maximum atomic E-state index is 10.6. The summed E-state index contributed by atoms with van der Waals surface area (Å²) >= 11 is 0. The minimum absolute atomic E-state index is 0.0292. The number of hydrogen-bond acceptors (Lipinski definition) is 3. The molecular weight excluding hydrogens is 146 g/mol. The van der Waals surface area contributed by atoms with E-state index in [1.165, 1.54) is 0 Å². The predicted octanol–water partition coefficient (Wildman–Crippen LogP) is 0.0415. The fraction of sp³-hybridized carbons (Fsp3) is 0.857. The molecule has 0 radical (unpaired) electrons. The van der Waals surface area contributed by atoms with Crippen LogP contribution in [0.1, 0.15) is 13.8 Å². The lowest BCUT2D eigenvalue weighted by Gasteiger charge is -2.15. The van der Waals surface area contributed by atoms with E-state index in [2.05, 4.69) is 5.32 Å². The number of aliphatic carboxylic acids is 1. The Bertz CT molecular complexity index is 154. The average molecular weight is 159 g/mol. The standard InChI is InChI=1S/C7H13NO3/c1-4(2)6(7(9)10)8-5-3-11-5/h4-6,8H,3H2,1-2H3,(H,9,10). The molecule has 64 valence electrons. The maximum Gasteiger partial charge on any atom is 0.321 e. The molecule has 1 saturated heterocycles. The summed E-state index contributed by atoms with van der Waals surface area (Å²) in [7, 11) is 0. The van der Waals surface area contributed by atoms with Gasteiger partial charge in [-0.15, -0.1) is 0 Å². The quantitative estimate of drug-likeness (QED) is 0.568. The summed E-state index contributed by atoms with van der Waals surface area (Å²) in [5.41, 5.74) is 0. The number of ether oxygens (including phenoxy) is 1. The van der Waals surface area contributed by atoms with Crippen molar-refractivity contribution in [1.82, 2.24) is 5.32 Å². The molecule has 1 rings (SSSR count). The fourth-order valence-electron chi connectivity index (χ4n) is 0.894. The van der Waals surface area contributed by atoms with E-state index >= 15 is 0 Å². The predicted molar refractivity (Wildman–Crippen MR) is 39.1 cm³/mol. The Morgan fingerprint density at radius 3 is 2.55 bits per heavy atom. The van der Waals surface area contributed by atoms with E-state index < -0.39 is 12.0 Å². The van der Waals surface area contributed by atoms with Crippen LogP contribution in [0.4, 0.5) is 0 Å². The number of hydrogen-bond donors (Lipinski definition) is 2. The largest absolute Gasteiger partial charge is 0.480 e. The van der Waals surface area contributed by atoms with E-state index in [9.17, 15) is 4.79 Å². The van der Waals surface area contributed by atoms with Crippen molar-refractivity contribution in [2.24, 2.45) is 5.92 Å². The van der Waals surface area contributed by atoms with Crippen molar-refractivity contribution in [2.45, 2.75) is 26.1 Å². The molecule has 4 nitrogen and oxygen atoms in total. The van der Waals surface area contributed by atoms with E-state index in [1.54, 1.807) is 0 Å². The molecule has 0 bridgehead atoms. The number of carboxylic acid groups (broad SMARTS) is 1. The van der Waals surface area contributed by atoms with E-state index in [-0.39, 0.29) is 12.1 Å². The summed E-state index contributed by atoms with van der Waals surface area (Å²) in [5.74, 6) is -0.716. The van der Waals surface area contributed by atoms with Gasteiger partial charge in [-0.2, -0.15) is 0 Å². The van der Waals surface area contributed by atoms with Crippen molar-refractivity contribution in [3.63, 3.8) is 0 Å². The molecule has 2 atom stereocenters. The van der Waals surface area contributed by atoms with Crippen molar-refractivity contribution in [3.8, 4) is 0 Å². The second-order valence-electron chi connectivity index (χ2n) is 3.05. The molecule has 2 N–H and O–H groups in total. The van der Waals surface area contributed by atoms with Gasteiger partial charge in [-0.1, -0.05) is 13.8 Å². The Hall–Kier alpha value is -0.610. The van der Waals surface area contributed by atoms with Crippen molar-refractivity contribution in [2.75, 3.05) is 6.61 Å². The van der Waals surface area contributed by atoms with Gasteiger partial charge in [-0.3, -0.25) is 10.1 Å². The van der Waals surface area contributed by atoms with Crippen LogP contribution in [0.2, 0.25) is 0 Å². The Kier molecular flexibility index (Phi) is 2.46. The summed E-state index contributed by atoms with van der Waals surface area (Å²) < 4.78 is 4.86. The maximum absolute atomic E-state index is 10.6. The SMILES string of the molecule is CC(C)C(NC1CO1)C(=O)O. The van der Waals surface area contributed by atoms with Gasteiger partial charge in [-0.05, 0) is 5.92 Å². The molecular formula is C7H13NO3. The van der Waals surface area contributed by atoms with E-state index in [0.717, 1.165) is 0 Å². The fourth-order valence-corrected chi connectivity index (χ4v) is 0.894. The van der Waals surface area contributed by atoms with Gasteiger partial charge in [0.15, 0.2) is 0 Å². The van der Waals surface area contributed by atoms with Gasteiger partial charge in [0.25, 0.3) is 0 Å². The summed E-state index contributed by atoms with van der Waals surface area (Å²) in [5, 5.41) is 11.6. The van der Waals surface area contributed by atoms with Crippen molar-refractivity contribution in [1.29, 1.82) is 0 Å². The molecule has 0 aromatic carbocycles. The first-order valence-corrected chi connectivity index (χ1v) is 3.71. The van der Waals surface area contributed by atoms with Crippen LogP contribution in [-0.2, 0) is 9.53 Å². The Morgan fingerprint density at radius 2 is 2.27 bits per heavy atom. The van der Waals surface area contributed by atoms with E-state index in [1.807, 2.05) is 13.8 Å². The third-order valence-electron chi connectivity index (χ3n) is 1.63. The molecule has 1 aliphatic rings. The molecule has 4 heteroatoms. The third kappa shape index (κ3) is 2.48. The van der Waals surface area contributed by atoms with Gasteiger partial charge in [-0.25, -0.2) is 0 Å². The molecule has 1 heterocycles.